The highest BCUT2D eigenvalue weighted by atomic mass is 79.9. The Morgan fingerprint density at radius 3 is 2.65 bits per heavy atom. The zero-order valence-corrected chi connectivity index (χ0v) is 11.1. The van der Waals surface area contributed by atoms with Crippen molar-refractivity contribution in [3.8, 4) is 0 Å². The van der Waals surface area contributed by atoms with Crippen molar-refractivity contribution >= 4 is 15.9 Å². The van der Waals surface area contributed by atoms with Gasteiger partial charge in [0.2, 0.25) is 0 Å². The van der Waals surface area contributed by atoms with E-state index in [0.717, 1.165) is 19.3 Å². The van der Waals surface area contributed by atoms with Gasteiger partial charge in [-0.05, 0) is 53.9 Å². The van der Waals surface area contributed by atoms with Crippen LogP contribution in [0.15, 0.2) is 16.6 Å². The van der Waals surface area contributed by atoms with Crippen molar-refractivity contribution in [3.63, 3.8) is 0 Å². The number of aliphatic hydroxyl groups is 1. The standard InChI is InChI=1S/C12H16BrF2NO/c13-10-4-5-11(14)9(12(10)15)8-16-6-2-1-3-7-17/h4-5,16-17H,1-3,6-8H2. The molecular formula is C12H16BrF2NO. The van der Waals surface area contributed by atoms with Crippen LogP contribution in [0.3, 0.4) is 0 Å². The van der Waals surface area contributed by atoms with E-state index in [1.807, 2.05) is 0 Å². The van der Waals surface area contributed by atoms with Crippen LogP contribution in [-0.4, -0.2) is 18.3 Å². The van der Waals surface area contributed by atoms with Gasteiger partial charge in [0.25, 0.3) is 0 Å². The zero-order valence-electron chi connectivity index (χ0n) is 9.48. The van der Waals surface area contributed by atoms with Gasteiger partial charge in [-0.2, -0.15) is 0 Å². The maximum Gasteiger partial charge on any atom is 0.144 e. The molecule has 0 saturated carbocycles. The predicted octanol–water partition coefficient (Wildman–Crippen LogP) is 2.98. The first kappa shape index (κ1) is 14.5. The van der Waals surface area contributed by atoms with Crippen LogP contribution in [0.25, 0.3) is 0 Å². The summed E-state index contributed by atoms with van der Waals surface area (Å²) in [5.41, 5.74) is 0.0570. The molecule has 0 atom stereocenters. The number of nitrogens with one attached hydrogen (secondary N) is 1. The van der Waals surface area contributed by atoms with Crippen molar-refractivity contribution in [3.05, 3.63) is 33.8 Å². The minimum Gasteiger partial charge on any atom is -0.396 e. The van der Waals surface area contributed by atoms with Crippen molar-refractivity contribution in [1.29, 1.82) is 0 Å². The Morgan fingerprint density at radius 2 is 1.94 bits per heavy atom. The van der Waals surface area contributed by atoms with Crippen LogP contribution in [0.1, 0.15) is 24.8 Å². The Morgan fingerprint density at radius 1 is 1.18 bits per heavy atom. The number of hydrogen-bond acceptors (Lipinski definition) is 2. The first-order valence-electron chi connectivity index (χ1n) is 5.60. The average molecular weight is 308 g/mol. The highest BCUT2D eigenvalue weighted by Crippen LogP contribution is 2.21. The molecule has 5 heteroatoms. The van der Waals surface area contributed by atoms with Crippen molar-refractivity contribution < 1.29 is 13.9 Å². The highest BCUT2D eigenvalue weighted by molar-refractivity contribution is 9.10. The predicted molar refractivity (Wildman–Crippen MR) is 66.7 cm³/mol. The van der Waals surface area contributed by atoms with E-state index in [0.29, 0.717) is 6.54 Å². The molecule has 1 rings (SSSR count). The van der Waals surface area contributed by atoms with Crippen LogP contribution in [0.4, 0.5) is 8.78 Å². The largest absolute Gasteiger partial charge is 0.396 e. The van der Waals surface area contributed by atoms with E-state index in [2.05, 4.69) is 21.2 Å². The molecule has 2 N–H and O–H groups in total. The third kappa shape index (κ3) is 4.69. The van der Waals surface area contributed by atoms with Gasteiger partial charge in [0.1, 0.15) is 11.6 Å². The van der Waals surface area contributed by atoms with Crippen LogP contribution in [0, 0.1) is 11.6 Å². The molecule has 96 valence electrons. The maximum absolute atomic E-state index is 13.5. The van der Waals surface area contributed by atoms with Crippen LogP contribution >= 0.6 is 15.9 Å². The number of rotatable bonds is 7. The number of aliphatic hydroxyl groups excluding tert-OH is 1. The monoisotopic (exact) mass is 307 g/mol. The lowest BCUT2D eigenvalue weighted by molar-refractivity contribution is 0.283. The Hall–Kier alpha value is -0.520. The van der Waals surface area contributed by atoms with Gasteiger partial charge >= 0.3 is 0 Å². The van der Waals surface area contributed by atoms with Crippen molar-refractivity contribution in [1.82, 2.24) is 5.32 Å². The third-order valence-corrected chi connectivity index (χ3v) is 3.06. The Kier molecular flexibility index (Phi) is 6.62. The molecule has 0 amide bonds. The van der Waals surface area contributed by atoms with Crippen molar-refractivity contribution in [2.45, 2.75) is 25.8 Å². The molecule has 0 radical (unpaired) electrons. The summed E-state index contributed by atoms with van der Waals surface area (Å²) in [7, 11) is 0. The molecule has 0 unspecified atom stereocenters. The molecular weight excluding hydrogens is 292 g/mol. The molecule has 0 heterocycles. The molecule has 0 spiro atoms. The second kappa shape index (κ2) is 7.74. The number of hydrogen-bond donors (Lipinski definition) is 2. The van der Waals surface area contributed by atoms with Crippen molar-refractivity contribution in [2.24, 2.45) is 0 Å². The summed E-state index contributed by atoms with van der Waals surface area (Å²) in [6.07, 6.45) is 2.56. The normalized spacial score (nSPS) is 10.8. The van der Waals surface area contributed by atoms with Crippen LogP contribution in [0.5, 0.6) is 0 Å². The lowest BCUT2D eigenvalue weighted by Crippen LogP contribution is -2.17. The fraction of sp³-hybridized carbons (Fsp3) is 0.500. The summed E-state index contributed by atoms with van der Waals surface area (Å²) in [4.78, 5) is 0. The van der Waals surface area contributed by atoms with Gasteiger partial charge in [0.15, 0.2) is 0 Å². The van der Waals surface area contributed by atoms with Gasteiger partial charge in [0.05, 0.1) is 4.47 Å². The minimum atomic E-state index is -0.548. The molecule has 0 aliphatic heterocycles. The second-order valence-corrected chi connectivity index (χ2v) is 4.64. The van der Waals surface area contributed by atoms with E-state index < -0.39 is 11.6 Å². The van der Waals surface area contributed by atoms with E-state index in [9.17, 15) is 8.78 Å². The molecule has 0 aliphatic rings. The fourth-order valence-corrected chi connectivity index (χ4v) is 1.85. The maximum atomic E-state index is 13.5. The van der Waals surface area contributed by atoms with Gasteiger partial charge in [-0.25, -0.2) is 8.78 Å². The summed E-state index contributed by atoms with van der Waals surface area (Å²) >= 11 is 3.03. The molecule has 0 bridgehead atoms. The molecule has 1 aromatic rings. The first-order chi connectivity index (χ1) is 8.16. The Balaban J connectivity index is 2.39. The summed E-state index contributed by atoms with van der Waals surface area (Å²) < 4.78 is 27.1. The molecule has 0 aliphatic carbocycles. The molecule has 2 nitrogen and oxygen atoms in total. The van der Waals surface area contributed by atoms with Crippen LogP contribution in [0.2, 0.25) is 0 Å². The molecule has 0 saturated heterocycles. The highest BCUT2D eigenvalue weighted by Gasteiger charge is 2.11. The van der Waals surface area contributed by atoms with Gasteiger partial charge in [-0.3, -0.25) is 0 Å². The molecule has 0 aromatic heterocycles. The van der Waals surface area contributed by atoms with E-state index in [-0.39, 0.29) is 23.2 Å². The second-order valence-electron chi connectivity index (χ2n) is 3.78. The van der Waals surface area contributed by atoms with Crippen molar-refractivity contribution in [2.75, 3.05) is 13.2 Å². The topological polar surface area (TPSA) is 32.3 Å². The minimum absolute atomic E-state index is 0.0570. The van der Waals surface area contributed by atoms with E-state index >= 15 is 0 Å². The molecule has 17 heavy (non-hydrogen) atoms. The van der Waals surface area contributed by atoms with E-state index in [4.69, 9.17) is 5.11 Å². The first-order valence-corrected chi connectivity index (χ1v) is 6.40. The van der Waals surface area contributed by atoms with Crippen LogP contribution in [-0.2, 0) is 6.54 Å². The Bertz CT molecular complexity index is 361. The summed E-state index contributed by atoms with van der Waals surface area (Å²) in [6, 6.07) is 2.60. The van der Waals surface area contributed by atoms with E-state index in [1.54, 1.807) is 0 Å². The Labute approximate surface area is 108 Å². The molecule has 1 aromatic carbocycles. The lowest BCUT2D eigenvalue weighted by Gasteiger charge is -2.08. The SMILES string of the molecule is OCCCCCNCc1c(F)ccc(Br)c1F. The smallest absolute Gasteiger partial charge is 0.144 e. The number of benzene rings is 1. The average Bonchev–Trinajstić information content (AvgIpc) is 2.32. The van der Waals surface area contributed by atoms with Gasteiger partial charge < -0.3 is 10.4 Å². The lowest BCUT2D eigenvalue weighted by atomic mass is 10.2. The molecule has 0 fully saturated rings. The number of halogens is 3. The zero-order chi connectivity index (χ0) is 12.7. The van der Waals surface area contributed by atoms with Gasteiger partial charge in [-0.1, -0.05) is 0 Å². The summed E-state index contributed by atoms with van der Waals surface area (Å²) in [5, 5.41) is 11.6. The summed E-state index contributed by atoms with van der Waals surface area (Å²) in [6.45, 7) is 1.05. The van der Waals surface area contributed by atoms with E-state index in [1.165, 1.54) is 12.1 Å². The fourth-order valence-electron chi connectivity index (χ4n) is 1.48. The third-order valence-electron chi connectivity index (χ3n) is 2.45. The summed E-state index contributed by atoms with van der Waals surface area (Å²) in [5.74, 6) is -1.08. The quantitative estimate of drug-likeness (QED) is 0.599. The van der Waals surface area contributed by atoms with Gasteiger partial charge in [0, 0.05) is 18.7 Å². The van der Waals surface area contributed by atoms with Gasteiger partial charge in [-0.15, -0.1) is 0 Å². The number of unbranched alkanes of at least 4 members (excludes halogenated alkanes) is 2. The van der Waals surface area contributed by atoms with Crippen LogP contribution < -0.4 is 5.32 Å².